The van der Waals surface area contributed by atoms with E-state index in [1.165, 1.54) is 45.3 Å². The van der Waals surface area contributed by atoms with E-state index < -0.39 is 0 Å². The van der Waals surface area contributed by atoms with E-state index in [-0.39, 0.29) is 11.2 Å². The average molecular weight is 617 g/mol. The van der Waals surface area contributed by atoms with E-state index in [0.29, 0.717) is 5.56 Å². The van der Waals surface area contributed by atoms with Gasteiger partial charge >= 0.3 is 0 Å². The van der Waals surface area contributed by atoms with Gasteiger partial charge in [-0.15, -0.1) is 0 Å². The SMILES string of the molecule is CC1(C)c2cc(C#N)ccc2-c2ccc(-c3ccc(-c4cc5c(-c6ccc(F)cc6)nc6ccccc6c5c5ccccc45)cc3)cc21. The molecular formula is C45H29FN2. The Bertz CT molecular complexity index is 2640. The van der Waals surface area contributed by atoms with Crippen molar-refractivity contribution < 1.29 is 4.39 Å². The molecule has 0 fully saturated rings. The van der Waals surface area contributed by atoms with Gasteiger partial charge in [-0.2, -0.15) is 5.26 Å². The molecule has 1 aliphatic rings. The van der Waals surface area contributed by atoms with Crippen LogP contribution in [0.2, 0.25) is 0 Å². The Kier molecular flexibility index (Phi) is 6.13. The molecule has 0 saturated heterocycles. The maximum atomic E-state index is 14.0. The molecule has 2 nitrogen and oxygen atoms in total. The predicted octanol–water partition coefficient (Wildman–Crippen LogP) is 11.9. The van der Waals surface area contributed by atoms with E-state index in [2.05, 4.69) is 111 Å². The molecule has 0 atom stereocenters. The summed E-state index contributed by atoms with van der Waals surface area (Å²) < 4.78 is 14.0. The van der Waals surface area contributed by atoms with Crippen molar-refractivity contribution in [2.24, 2.45) is 0 Å². The van der Waals surface area contributed by atoms with Crippen molar-refractivity contribution in [1.82, 2.24) is 4.98 Å². The van der Waals surface area contributed by atoms with Crippen LogP contribution >= 0.6 is 0 Å². The number of hydrogen-bond acceptors (Lipinski definition) is 2. The van der Waals surface area contributed by atoms with Crippen LogP contribution in [0.25, 0.3) is 77.1 Å². The summed E-state index contributed by atoms with van der Waals surface area (Å²) in [7, 11) is 0. The van der Waals surface area contributed by atoms with E-state index in [4.69, 9.17) is 4.98 Å². The van der Waals surface area contributed by atoms with Crippen LogP contribution in [0.3, 0.4) is 0 Å². The van der Waals surface area contributed by atoms with Crippen LogP contribution in [0, 0.1) is 17.1 Å². The molecule has 0 amide bonds. The minimum Gasteiger partial charge on any atom is -0.247 e. The Morgan fingerprint density at radius 3 is 1.90 bits per heavy atom. The zero-order chi connectivity index (χ0) is 32.6. The minimum atomic E-state index is -0.264. The average Bonchev–Trinajstić information content (AvgIpc) is 3.36. The third-order valence-electron chi connectivity index (χ3n) is 10.2. The summed E-state index contributed by atoms with van der Waals surface area (Å²) in [6, 6.07) is 49.6. The minimum absolute atomic E-state index is 0.197. The molecule has 0 radical (unpaired) electrons. The van der Waals surface area contributed by atoms with Crippen LogP contribution < -0.4 is 0 Å². The molecule has 8 aromatic rings. The third kappa shape index (κ3) is 4.20. The van der Waals surface area contributed by atoms with Gasteiger partial charge in [-0.25, -0.2) is 9.37 Å². The summed E-state index contributed by atoms with van der Waals surface area (Å²) in [6.07, 6.45) is 0. The fraction of sp³-hybridized carbons (Fsp3) is 0.0667. The van der Waals surface area contributed by atoms with E-state index in [0.717, 1.165) is 55.0 Å². The molecule has 1 aliphatic carbocycles. The molecule has 0 saturated carbocycles. The van der Waals surface area contributed by atoms with Gasteiger partial charge in [-0.3, -0.25) is 0 Å². The highest BCUT2D eigenvalue weighted by Gasteiger charge is 2.35. The van der Waals surface area contributed by atoms with Gasteiger partial charge < -0.3 is 0 Å². The molecule has 1 heterocycles. The Hall–Kier alpha value is -6.11. The topological polar surface area (TPSA) is 36.7 Å². The van der Waals surface area contributed by atoms with Gasteiger partial charge in [0.1, 0.15) is 5.82 Å². The molecule has 48 heavy (non-hydrogen) atoms. The van der Waals surface area contributed by atoms with Crippen molar-refractivity contribution in [3.8, 4) is 50.7 Å². The fourth-order valence-electron chi connectivity index (χ4n) is 7.71. The highest BCUT2D eigenvalue weighted by molar-refractivity contribution is 6.25. The molecule has 7 aromatic carbocycles. The summed E-state index contributed by atoms with van der Waals surface area (Å²) in [5, 5.41) is 15.1. The lowest BCUT2D eigenvalue weighted by Crippen LogP contribution is -2.15. The van der Waals surface area contributed by atoms with Crippen molar-refractivity contribution in [3.63, 3.8) is 0 Å². The maximum absolute atomic E-state index is 14.0. The number of hydrogen-bond donors (Lipinski definition) is 0. The molecule has 226 valence electrons. The molecule has 0 N–H and O–H groups in total. The molecule has 0 spiro atoms. The van der Waals surface area contributed by atoms with Gasteiger partial charge in [0.25, 0.3) is 0 Å². The third-order valence-corrected chi connectivity index (χ3v) is 10.2. The lowest BCUT2D eigenvalue weighted by Gasteiger charge is -2.22. The number of para-hydroxylation sites is 1. The number of benzene rings is 7. The van der Waals surface area contributed by atoms with E-state index in [9.17, 15) is 9.65 Å². The molecule has 0 unspecified atom stereocenters. The predicted molar refractivity (Wildman–Crippen MR) is 195 cm³/mol. The summed E-state index contributed by atoms with van der Waals surface area (Å²) in [4.78, 5) is 5.13. The first kappa shape index (κ1) is 28.1. The van der Waals surface area contributed by atoms with Gasteiger partial charge in [-0.1, -0.05) is 98.8 Å². The molecule has 0 bridgehead atoms. The molecular weight excluding hydrogens is 588 g/mol. The van der Waals surface area contributed by atoms with Crippen LogP contribution in [-0.2, 0) is 5.41 Å². The van der Waals surface area contributed by atoms with Crippen LogP contribution in [-0.4, -0.2) is 4.98 Å². The number of pyridine rings is 1. The number of halogens is 1. The van der Waals surface area contributed by atoms with Crippen molar-refractivity contribution in [2.75, 3.05) is 0 Å². The summed E-state index contributed by atoms with van der Waals surface area (Å²) >= 11 is 0. The number of nitriles is 1. The number of nitrogens with zero attached hydrogens (tertiary/aromatic N) is 2. The highest BCUT2D eigenvalue weighted by Crippen LogP contribution is 2.50. The van der Waals surface area contributed by atoms with Gasteiger partial charge in [0, 0.05) is 27.1 Å². The lowest BCUT2D eigenvalue weighted by molar-refractivity contribution is 0.628. The highest BCUT2D eigenvalue weighted by atomic mass is 19.1. The van der Waals surface area contributed by atoms with E-state index >= 15 is 0 Å². The zero-order valence-electron chi connectivity index (χ0n) is 26.6. The van der Waals surface area contributed by atoms with Crippen molar-refractivity contribution in [2.45, 2.75) is 19.3 Å². The molecule has 0 aliphatic heterocycles. The van der Waals surface area contributed by atoms with Crippen molar-refractivity contribution >= 4 is 32.4 Å². The molecule has 1 aromatic heterocycles. The van der Waals surface area contributed by atoms with Gasteiger partial charge in [-0.05, 0) is 110 Å². The number of fused-ring (bicyclic) bond motifs is 8. The normalized spacial score (nSPS) is 13.0. The molecule has 9 rings (SSSR count). The Morgan fingerprint density at radius 1 is 0.542 bits per heavy atom. The second-order valence-corrected chi connectivity index (χ2v) is 13.2. The Morgan fingerprint density at radius 2 is 1.15 bits per heavy atom. The van der Waals surface area contributed by atoms with Gasteiger partial charge in [0.05, 0.1) is 22.8 Å². The molecule has 3 heteroatoms. The summed E-state index contributed by atoms with van der Waals surface area (Å²) in [5.41, 5.74) is 12.6. The Balaban J connectivity index is 1.20. The monoisotopic (exact) mass is 616 g/mol. The van der Waals surface area contributed by atoms with E-state index in [1.54, 1.807) is 0 Å². The first-order valence-corrected chi connectivity index (χ1v) is 16.2. The second-order valence-electron chi connectivity index (χ2n) is 13.2. The first-order chi connectivity index (χ1) is 23.4. The quantitative estimate of drug-likeness (QED) is 0.185. The summed E-state index contributed by atoms with van der Waals surface area (Å²) in [6.45, 7) is 4.49. The lowest BCUT2D eigenvalue weighted by atomic mass is 9.81. The Labute approximate surface area is 278 Å². The summed E-state index contributed by atoms with van der Waals surface area (Å²) in [5.74, 6) is -0.264. The number of aromatic nitrogens is 1. The van der Waals surface area contributed by atoms with Crippen LogP contribution in [0.5, 0.6) is 0 Å². The van der Waals surface area contributed by atoms with Crippen LogP contribution in [0.1, 0.15) is 30.5 Å². The standard InChI is InChI=1S/C45H29FN2/c1-45(2)40-23-27(26-47)11-21-34(40)35-22-18-31(24-41(35)45)28-12-14-29(15-13-28)38-25-39-43(36-8-4-3-7-33(36)38)37-9-5-6-10-42(37)48-44(39)30-16-19-32(46)20-17-30/h3-25H,1-2H3. The first-order valence-electron chi connectivity index (χ1n) is 16.2. The maximum Gasteiger partial charge on any atom is 0.123 e. The fourth-order valence-corrected chi connectivity index (χ4v) is 7.71. The van der Waals surface area contributed by atoms with E-state index in [1.807, 2.05) is 36.4 Å². The zero-order valence-corrected chi connectivity index (χ0v) is 26.6. The van der Waals surface area contributed by atoms with Crippen LogP contribution in [0.4, 0.5) is 4.39 Å². The van der Waals surface area contributed by atoms with Crippen LogP contribution in [0.15, 0.2) is 140 Å². The smallest absolute Gasteiger partial charge is 0.123 e. The van der Waals surface area contributed by atoms with Crippen molar-refractivity contribution in [3.05, 3.63) is 162 Å². The second kappa shape index (κ2) is 10.5. The van der Waals surface area contributed by atoms with Gasteiger partial charge in [0.2, 0.25) is 0 Å². The largest absolute Gasteiger partial charge is 0.247 e. The number of rotatable bonds is 3. The van der Waals surface area contributed by atoms with Crippen molar-refractivity contribution in [1.29, 1.82) is 5.26 Å². The van der Waals surface area contributed by atoms with Gasteiger partial charge in [0.15, 0.2) is 0 Å².